The molecule has 0 aliphatic rings. The van der Waals surface area contributed by atoms with Gasteiger partial charge in [-0.25, -0.2) is 4.98 Å². The van der Waals surface area contributed by atoms with Crippen molar-refractivity contribution in [2.24, 2.45) is 0 Å². The fourth-order valence-electron chi connectivity index (χ4n) is 1.27. The Morgan fingerprint density at radius 3 is 2.71 bits per heavy atom. The minimum absolute atomic E-state index is 0.111. The van der Waals surface area contributed by atoms with Crippen molar-refractivity contribution < 1.29 is 0 Å². The van der Waals surface area contributed by atoms with E-state index in [1.165, 1.54) is 6.33 Å². The predicted molar refractivity (Wildman–Crippen MR) is 57.4 cm³/mol. The number of fused-ring (bicyclic) bond motifs is 1. The second kappa shape index (κ2) is 4.60. The molecule has 4 nitrogen and oxygen atoms in total. The summed E-state index contributed by atoms with van der Waals surface area (Å²) in [6, 6.07) is 0. The normalized spacial score (nSPS) is 9.64. The largest absolute Gasteiger partial charge is 0.355 e. The Kier molecular flexibility index (Phi) is 3.45. The Hall–Kier alpha value is -1.58. The van der Waals surface area contributed by atoms with E-state index >= 15 is 0 Å². The fraction of sp³-hybridized carbons (Fsp3) is 0.400. The number of hydrogen-bond donors (Lipinski definition) is 2. The standard InChI is InChI=1S/C8H9N3O.C2H6/c1-2-5-3-9-7-6(5)10-4-11-8(7)12;1-2/h3-4,9H,2H2,1H3,(H,10,11,12);1-2H3. The first-order valence-electron chi connectivity index (χ1n) is 4.86. The van der Waals surface area contributed by atoms with Gasteiger partial charge in [-0.05, 0) is 12.0 Å². The second-order valence-corrected chi connectivity index (χ2v) is 2.62. The number of nitrogens with zero attached hydrogens (tertiary/aromatic N) is 1. The molecule has 0 radical (unpaired) electrons. The van der Waals surface area contributed by atoms with Crippen LogP contribution >= 0.6 is 0 Å². The van der Waals surface area contributed by atoms with E-state index in [9.17, 15) is 4.79 Å². The molecule has 0 aliphatic carbocycles. The van der Waals surface area contributed by atoms with Gasteiger partial charge in [-0.2, -0.15) is 0 Å². The second-order valence-electron chi connectivity index (χ2n) is 2.62. The van der Waals surface area contributed by atoms with Crippen molar-refractivity contribution in [1.29, 1.82) is 0 Å². The van der Waals surface area contributed by atoms with Gasteiger partial charge >= 0.3 is 0 Å². The molecular formula is C10H15N3O. The Morgan fingerprint density at radius 2 is 2.07 bits per heavy atom. The van der Waals surface area contributed by atoms with Gasteiger partial charge < -0.3 is 9.97 Å². The molecule has 0 saturated heterocycles. The van der Waals surface area contributed by atoms with Crippen LogP contribution in [0.2, 0.25) is 0 Å². The molecule has 0 amide bonds. The van der Waals surface area contributed by atoms with Gasteiger partial charge in [-0.1, -0.05) is 20.8 Å². The summed E-state index contributed by atoms with van der Waals surface area (Å²) in [6.45, 7) is 6.03. The number of rotatable bonds is 1. The van der Waals surface area contributed by atoms with Gasteiger partial charge in [0.15, 0.2) is 0 Å². The molecule has 0 aliphatic heterocycles. The zero-order valence-electron chi connectivity index (χ0n) is 8.72. The van der Waals surface area contributed by atoms with E-state index in [0.29, 0.717) is 5.52 Å². The van der Waals surface area contributed by atoms with Crippen LogP contribution in [0.15, 0.2) is 17.3 Å². The highest BCUT2D eigenvalue weighted by molar-refractivity contribution is 5.77. The van der Waals surface area contributed by atoms with Crippen molar-refractivity contribution in [3.8, 4) is 0 Å². The fourth-order valence-corrected chi connectivity index (χ4v) is 1.27. The predicted octanol–water partition coefficient (Wildman–Crippen LogP) is 1.84. The van der Waals surface area contributed by atoms with Crippen molar-refractivity contribution in [3.05, 3.63) is 28.4 Å². The molecule has 76 valence electrons. The maximum Gasteiger partial charge on any atom is 0.275 e. The third-order valence-electron chi connectivity index (χ3n) is 1.93. The van der Waals surface area contributed by atoms with E-state index in [1.54, 1.807) is 0 Å². The molecule has 2 rings (SSSR count). The van der Waals surface area contributed by atoms with Crippen molar-refractivity contribution in [2.75, 3.05) is 0 Å². The van der Waals surface area contributed by atoms with Crippen molar-refractivity contribution in [2.45, 2.75) is 27.2 Å². The number of aromatic nitrogens is 3. The number of aryl methyl sites for hydroxylation is 1. The lowest BCUT2D eigenvalue weighted by molar-refractivity contribution is 1.13. The summed E-state index contributed by atoms with van der Waals surface area (Å²) in [5.41, 5.74) is 2.31. The SMILES string of the molecule is CC.CCc1c[nH]c2c(=O)[nH]cnc12. The molecule has 14 heavy (non-hydrogen) atoms. The Morgan fingerprint density at radius 1 is 1.36 bits per heavy atom. The Labute approximate surface area is 82.4 Å². The van der Waals surface area contributed by atoms with E-state index in [2.05, 4.69) is 15.0 Å². The first kappa shape index (κ1) is 10.5. The summed E-state index contributed by atoms with van der Waals surface area (Å²) < 4.78 is 0. The van der Waals surface area contributed by atoms with E-state index in [-0.39, 0.29) is 5.56 Å². The van der Waals surface area contributed by atoms with Crippen LogP contribution in [0.4, 0.5) is 0 Å². The third-order valence-corrected chi connectivity index (χ3v) is 1.93. The summed E-state index contributed by atoms with van der Waals surface area (Å²) in [5.74, 6) is 0. The molecule has 0 aromatic carbocycles. The molecule has 0 saturated carbocycles. The molecule has 0 bridgehead atoms. The lowest BCUT2D eigenvalue weighted by Gasteiger charge is -1.89. The van der Waals surface area contributed by atoms with Gasteiger partial charge in [-0.3, -0.25) is 4.79 Å². The van der Waals surface area contributed by atoms with Crippen molar-refractivity contribution >= 4 is 11.0 Å². The lowest BCUT2D eigenvalue weighted by Crippen LogP contribution is -2.05. The van der Waals surface area contributed by atoms with Crippen LogP contribution in [-0.4, -0.2) is 15.0 Å². The number of hydrogen-bond acceptors (Lipinski definition) is 2. The molecular weight excluding hydrogens is 178 g/mol. The van der Waals surface area contributed by atoms with Crippen LogP contribution in [0, 0.1) is 0 Å². The smallest absolute Gasteiger partial charge is 0.275 e. The van der Waals surface area contributed by atoms with Gasteiger partial charge in [0, 0.05) is 6.20 Å². The Bertz CT molecular complexity index is 456. The van der Waals surface area contributed by atoms with Crippen LogP contribution in [-0.2, 0) is 6.42 Å². The van der Waals surface area contributed by atoms with Gasteiger partial charge in [-0.15, -0.1) is 0 Å². The molecule has 0 spiro atoms. The average molecular weight is 193 g/mol. The van der Waals surface area contributed by atoms with Gasteiger partial charge in [0.1, 0.15) is 5.52 Å². The van der Waals surface area contributed by atoms with E-state index in [1.807, 2.05) is 27.0 Å². The summed E-state index contributed by atoms with van der Waals surface area (Å²) in [7, 11) is 0. The van der Waals surface area contributed by atoms with Crippen LogP contribution in [0.3, 0.4) is 0 Å². The summed E-state index contributed by atoms with van der Waals surface area (Å²) in [4.78, 5) is 20.7. The monoisotopic (exact) mass is 193 g/mol. The highest BCUT2D eigenvalue weighted by Crippen LogP contribution is 2.10. The highest BCUT2D eigenvalue weighted by atomic mass is 16.1. The lowest BCUT2D eigenvalue weighted by atomic mass is 10.2. The maximum atomic E-state index is 11.2. The third kappa shape index (κ3) is 1.69. The summed E-state index contributed by atoms with van der Waals surface area (Å²) in [5, 5.41) is 0. The molecule has 0 fully saturated rings. The zero-order valence-corrected chi connectivity index (χ0v) is 8.72. The molecule has 2 heterocycles. The molecule has 4 heteroatoms. The highest BCUT2D eigenvalue weighted by Gasteiger charge is 2.04. The van der Waals surface area contributed by atoms with Gasteiger partial charge in [0.25, 0.3) is 5.56 Å². The topological polar surface area (TPSA) is 61.5 Å². The van der Waals surface area contributed by atoms with Crippen LogP contribution in [0.25, 0.3) is 11.0 Å². The van der Waals surface area contributed by atoms with E-state index in [4.69, 9.17) is 0 Å². The molecule has 0 unspecified atom stereocenters. The minimum Gasteiger partial charge on any atom is -0.355 e. The summed E-state index contributed by atoms with van der Waals surface area (Å²) in [6.07, 6.45) is 4.14. The van der Waals surface area contributed by atoms with Gasteiger partial charge in [0.05, 0.1) is 11.8 Å². The van der Waals surface area contributed by atoms with Crippen molar-refractivity contribution in [1.82, 2.24) is 15.0 Å². The number of aromatic amines is 2. The molecule has 0 atom stereocenters. The first-order chi connectivity index (χ1) is 6.83. The Balaban J connectivity index is 0.000000461. The minimum atomic E-state index is -0.111. The van der Waals surface area contributed by atoms with Crippen LogP contribution < -0.4 is 5.56 Å². The van der Waals surface area contributed by atoms with Crippen LogP contribution in [0.5, 0.6) is 0 Å². The first-order valence-corrected chi connectivity index (χ1v) is 4.86. The molecule has 2 aromatic rings. The van der Waals surface area contributed by atoms with Crippen LogP contribution in [0.1, 0.15) is 26.3 Å². The zero-order chi connectivity index (χ0) is 10.6. The number of H-pyrrole nitrogens is 2. The number of nitrogens with one attached hydrogen (secondary N) is 2. The quantitative estimate of drug-likeness (QED) is 0.726. The van der Waals surface area contributed by atoms with E-state index in [0.717, 1.165) is 17.5 Å². The molecule has 2 N–H and O–H groups in total. The average Bonchev–Trinajstić information content (AvgIpc) is 2.65. The van der Waals surface area contributed by atoms with Crippen molar-refractivity contribution in [3.63, 3.8) is 0 Å². The maximum absolute atomic E-state index is 11.2. The van der Waals surface area contributed by atoms with Gasteiger partial charge in [0.2, 0.25) is 0 Å². The summed E-state index contributed by atoms with van der Waals surface area (Å²) >= 11 is 0. The molecule has 2 aromatic heterocycles. The van der Waals surface area contributed by atoms with E-state index < -0.39 is 0 Å².